The number of rotatable bonds is 2. The lowest BCUT2D eigenvalue weighted by Gasteiger charge is -1.99. The maximum atomic E-state index is 4.34. The van der Waals surface area contributed by atoms with Crippen molar-refractivity contribution >= 4 is 27.3 Å². The van der Waals surface area contributed by atoms with Crippen LogP contribution in [0.1, 0.15) is 0 Å². The number of halogens is 1. The van der Waals surface area contributed by atoms with Gasteiger partial charge in [-0.2, -0.15) is 16.4 Å². The number of nitrogens with zero attached hydrogens (tertiary/aromatic N) is 1. The molecule has 0 saturated heterocycles. The topological polar surface area (TPSA) is 28.7 Å². The van der Waals surface area contributed by atoms with E-state index in [0.717, 1.165) is 27.0 Å². The number of aromatic amines is 1. The van der Waals surface area contributed by atoms with Gasteiger partial charge in [0.25, 0.3) is 0 Å². The number of hydrogen-bond donors (Lipinski definition) is 1. The summed E-state index contributed by atoms with van der Waals surface area (Å²) in [6.07, 6.45) is 0. The van der Waals surface area contributed by atoms with Crippen LogP contribution in [0.4, 0.5) is 0 Å². The minimum Gasteiger partial charge on any atom is -0.277 e. The van der Waals surface area contributed by atoms with E-state index >= 15 is 0 Å². The van der Waals surface area contributed by atoms with E-state index in [4.69, 9.17) is 0 Å². The van der Waals surface area contributed by atoms with Crippen molar-refractivity contribution in [1.29, 1.82) is 0 Å². The molecule has 0 fully saturated rings. The van der Waals surface area contributed by atoms with Crippen LogP contribution in [0.5, 0.6) is 0 Å². The van der Waals surface area contributed by atoms with Crippen LogP contribution in [0.3, 0.4) is 0 Å². The first-order valence-electron chi connectivity index (χ1n) is 5.17. The number of nitrogens with one attached hydrogen (secondary N) is 1. The molecule has 0 bridgehead atoms. The fourth-order valence-corrected chi connectivity index (χ4v) is 2.85. The summed E-state index contributed by atoms with van der Waals surface area (Å²) in [5.74, 6) is 0. The fraction of sp³-hybridized carbons (Fsp3) is 0. The normalized spacial score (nSPS) is 10.6. The van der Waals surface area contributed by atoms with Crippen molar-refractivity contribution in [3.8, 4) is 22.5 Å². The minimum absolute atomic E-state index is 0.983. The van der Waals surface area contributed by atoms with Crippen LogP contribution in [-0.2, 0) is 0 Å². The number of aromatic nitrogens is 2. The first-order chi connectivity index (χ1) is 8.34. The second kappa shape index (κ2) is 4.47. The second-order valence-corrected chi connectivity index (χ2v) is 5.29. The largest absolute Gasteiger partial charge is 0.277 e. The van der Waals surface area contributed by atoms with Gasteiger partial charge < -0.3 is 0 Å². The third-order valence-electron chi connectivity index (χ3n) is 2.56. The van der Waals surface area contributed by atoms with E-state index in [1.54, 1.807) is 11.3 Å². The van der Waals surface area contributed by atoms with E-state index in [9.17, 15) is 0 Å². The molecule has 17 heavy (non-hydrogen) atoms. The Balaban J connectivity index is 2.04. The number of thiophene rings is 1. The van der Waals surface area contributed by atoms with Crippen molar-refractivity contribution in [3.05, 3.63) is 51.6 Å². The quantitative estimate of drug-likeness (QED) is 0.738. The molecule has 3 aromatic rings. The third kappa shape index (κ3) is 2.06. The Kier molecular flexibility index (Phi) is 2.82. The van der Waals surface area contributed by atoms with Gasteiger partial charge in [-0.15, -0.1) is 0 Å². The van der Waals surface area contributed by atoms with E-state index in [1.807, 2.05) is 18.2 Å². The molecule has 2 heterocycles. The molecule has 3 rings (SSSR count). The summed E-state index contributed by atoms with van der Waals surface area (Å²) in [6.45, 7) is 0. The number of hydrogen-bond acceptors (Lipinski definition) is 2. The molecule has 0 unspecified atom stereocenters. The Morgan fingerprint density at radius 2 is 2.06 bits per heavy atom. The van der Waals surface area contributed by atoms with E-state index < -0.39 is 0 Å². The van der Waals surface area contributed by atoms with Crippen LogP contribution in [-0.4, -0.2) is 10.2 Å². The molecule has 2 aromatic heterocycles. The highest BCUT2D eigenvalue weighted by atomic mass is 79.9. The summed E-state index contributed by atoms with van der Waals surface area (Å²) >= 11 is 5.22. The van der Waals surface area contributed by atoms with Crippen molar-refractivity contribution in [2.75, 3.05) is 0 Å². The SMILES string of the molecule is Brc1ccccc1-c1cc(-c2ccsc2)n[nH]1. The zero-order valence-corrected chi connectivity index (χ0v) is 11.3. The Labute approximate surface area is 111 Å². The standard InChI is InChI=1S/C13H9BrN2S/c14-11-4-2-1-3-10(11)13-7-12(15-16-13)9-5-6-17-8-9/h1-8H,(H,15,16). The molecule has 0 amide bonds. The summed E-state index contributed by atoms with van der Waals surface area (Å²) < 4.78 is 1.07. The molecule has 0 saturated carbocycles. The Morgan fingerprint density at radius 3 is 2.82 bits per heavy atom. The van der Waals surface area contributed by atoms with Gasteiger partial charge in [-0.3, -0.25) is 5.10 Å². The van der Waals surface area contributed by atoms with Gasteiger partial charge in [0.15, 0.2) is 0 Å². The van der Waals surface area contributed by atoms with Crippen LogP contribution >= 0.6 is 27.3 Å². The monoisotopic (exact) mass is 304 g/mol. The summed E-state index contributed by atoms with van der Waals surface area (Å²) in [5, 5.41) is 11.6. The summed E-state index contributed by atoms with van der Waals surface area (Å²) in [4.78, 5) is 0. The van der Waals surface area contributed by atoms with Crippen molar-refractivity contribution in [2.45, 2.75) is 0 Å². The van der Waals surface area contributed by atoms with Gasteiger partial charge in [-0.25, -0.2) is 0 Å². The Hall–Kier alpha value is -1.39. The zero-order valence-electron chi connectivity index (χ0n) is 8.85. The minimum atomic E-state index is 0.983. The number of H-pyrrole nitrogens is 1. The maximum Gasteiger partial charge on any atom is 0.0935 e. The molecular weight excluding hydrogens is 296 g/mol. The maximum absolute atomic E-state index is 4.34. The van der Waals surface area contributed by atoms with Gasteiger partial charge in [-0.05, 0) is 23.6 Å². The molecule has 1 aromatic carbocycles. The summed E-state index contributed by atoms with van der Waals surface area (Å²) in [5.41, 5.74) is 4.29. The fourth-order valence-electron chi connectivity index (χ4n) is 1.70. The predicted octanol–water partition coefficient (Wildman–Crippen LogP) is 4.57. The first kappa shape index (κ1) is 10.7. The van der Waals surface area contributed by atoms with Gasteiger partial charge in [-0.1, -0.05) is 34.1 Å². The van der Waals surface area contributed by atoms with Crippen LogP contribution in [0.25, 0.3) is 22.5 Å². The predicted molar refractivity (Wildman–Crippen MR) is 75.0 cm³/mol. The molecule has 0 spiro atoms. The molecule has 0 aliphatic rings. The van der Waals surface area contributed by atoms with Crippen LogP contribution in [0.2, 0.25) is 0 Å². The highest BCUT2D eigenvalue weighted by Gasteiger charge is 2.07. The molecule has 84 valence electrons. The van der Waals surface area contributed by atoms with Crippen LogP contribution in [0.15, 0.2) is 51.6 Å². The van der Waals surface area contributed by atoms with Crippen LogP contribution in [0, 0.1) is 0 Å². The number of benzene rings is 1. The van der Waals surface area contributed by atoms with Crippen molar-refractivity contribution in [2.24, 2.45) is 0 Å². The van der Waals surface area contributed by atoms with Gasteiger partial charge in [0.1, 0.15) is 0 Å². The molecule has 0 aliphatic heterocycles. The van der Waals surface area contributed by atoms with Crippen LogP contribution < -0.4 is 0 Å². The van der Waals surface area contributed by atoms with Crippen molar-refractivity contribution in [1.82, 2.24) is 10.2 Å². The highest BCUT2D eigenvalue weighted by Crippen LogP contribution is 2.29. The lowest BCUT2D eigenvalue weighted by Crippen LogP contribution is -1.78. The molecule has 1 N–H and O–H groups in total. The third-order valence-corrected chi connectivity index (χ3v) is 3.93. The lowest BCUT2D eigenvalue weighted by molar-refractivity contribution is 1.10. The highest BCUT2D eigenvalue weighted by molar-refractivity contribution is 9.10. The summed E-state index contributed by atoms with van der Waals surface area (Å²) in [7, 11) is 0. The second-order valence-electron chi connectivity index (χ2n) is 3.66. The lowest BCUT2D eigenvalue weighted by atomic mass is 10.1. The Morgan fingerprint density at radius 1 is 1.18 bits per heavy atom. The molecule has 0 radical (unpaired) electrons. The molecular formula is C13H9BrN2S. The smallest absolute Gasteiger partial charge is 0.0935 e. The average Bonchev–Trinajstić information content (AvgIpc) is 3.00. The molecule has 0 aliphatic carbocycles. The molecule has 4 heteroatoms. The van der Waals surface area contributed by atoms with Gasteiger partial charge in [0, 0.05) is 21.0 Å². The van der Waals surface area contributed by atoms with E-state index in [-0.39, 0.29) is 0 Å². The van der Waals surface area contributed by atoms with E-state index in [1.165, 1.54) is 0 Å². The van der Waals surface area contributed by atoms with Crippen molar-refractivity contribution < 1.29 is 0 Å². The first-order valence-corrected chi connectivity index (χ1v) is 6.91. The van der Waals surface area contributed by atoms with E-state index in [2.05, 4.69) is 55.1 Å². The Bertz CT molecular complexity index is 628. The molecule has 0 atom stereocenters. The van der Waals surface area contributed by atoms with Gasteiger partial charge in [0.05, 0.1) is 11.4 Å². The average molecular weight is 305 g/mol. The summed E-state index contributed by atoms with van der Waals surface area (Å²) in [6, 6.07) is 12.3. The van der Waals surface area contributed by atoms with E-state index in [0.29, 0.717) is 0 Å². The molecule has 2 nitrogen and oxygen atoms in total. The zero-order chi connectivity index (χ0) is 11.7. The van der Waals surface area contributed by atoms with Gasteiger partial charge in [0.2, 0.25) is 0 Å². The van der Waals surface area contributed by atoms with Crippen molar-refractivity contribution in [3.63, 3.8) is 0 Å². The van der Waals surface area contributed by atoms with Gasteiger partial charge >= 0.3 is 0 Å².